The van der Waals surface area contributed by atoms with Crippen molar-refractivity contribution in [2.75, 3.05) is 5.32 Å². The Morgan fingerprint density at radius 3 is 2.59 bits per heavy atom. The Morgan fingerprint density at radius 2 is 2.06 bits per heavy atom. The molecule has 1 atom stereocenters. The normalized spacial score (nSPS) is 11.6. The summed E-state index contributed by atoms with van der Waals surface area (Å²) >= 11 is 0. The van der Waals surface area contributed by atoms with Gasteiger partial charge in [-0.25, -0.2) is 0 Å². The Bertz CT molecular complexity index is 373. The average molecular weight is 235 g/mol. The SMILES string of the molecule is CCC(C)C(=O)OCc1ccc(NC=O)cc1. The van der Waals surface area contributed by atoms with E-state index >= 15 is 0 Å². The van der Waals surface area contributed by atoms with Crippen LogP contribution in [0.5, 0.6) is 0 Å². The smallest absolute Gasteiger partial charge is 0.308 e. The summed E-state index contributed by atoms with van der Waals surface area (Å²) in [6.07, 6.45) is 1.40. The molecule has 0 saturated carbocycles. The van der Waals surface area contributed by atoms with E-state index in [1.54, 1.807) is 12.1 Å². The van der Waals surface area contributed by atoms with Gasteiger partial charge >= 0.3 is 5.97 Å². The van der Waals surface area contributed by atoms with Crippen LogP contribution in [0.25, 0.3) is 0 Å². The van der Waals surface area contributed by atoms with Crippen molar-refractivity contribution in [3.63, 3.8) is 0 Å². The maximum Gasteiger partial charge on any atom is 0.308 e. The molecule has 1 aromatic rings. The quantitative estimate of drug-likeness (QED) is 0.608. The molecule has 0 heterocycles. The summed E-state index contributed by atoms with van der Waals surface area (Å²) in [7, 11) is 0. The molecule has 17 heavy (non-hydrogen) atoms. The van der Waals surface area contributed by atoms with Crippen LogP contribution in [-0.2, 0) is 20.9 Å². The molecule has 0 radical (unpaired) electrons. The van der Waals surface area contributed by atoms with Gasteiger partial charge in [-0.2, -0.15) is 0 Å². The first-order valence-electron chi connectivity index (χ1n) is 5.63. The fourth-order valence-corrected chi connectivity index (χ4v) is 1.23. The molecular weight excluding hydrogens is 218 g/mol. The van der Waals surface area contributed by atoms with E-state index in [4.69, 9.17) is 4.74 Å². The van der Waals surface area contributed by atoms with E-state index in [1.807, 2.05) is 26.0 Å². The summed E-state index contributed by atoms with van der Waals surface area (Å²) in [6.45, 7) is 4.07. The first-order chi connectivity index (χ1) is 8.17. The number of hydrogen-bond acceptors (Lipinski definition) is 3. The van der Waals surface area contributed by atoms with Crippen molar-refractivity contribution in [2.24, 2.45) is 5.92 Å². The summed E-state index contributed by atoms with van der Waals surface area (Å²) in [6, 6.07) is 7.16. The van der Waals surface area contributed by atoms with Gasteiger partial charge in [0.1, 0.15) is 6.61 Å². The number of ether oxygens (including phenoxy) is 1. The van der Waals surface area contributed by atoms with E-state index in [0.717, 1.165) is 17.7 Å². The summed E-state index contributed by atoms with van der Waals surface area (Å²) in [5.41, 5.74) is 1.62. The highest BCUT2D eigenvalue weighted by Crippen LogP contribution is 2.11. The molecule has 0 aliphatic carbocycles. The minimum Gasteiger partial charge on any atom is -0.461 e. The van der Waals surface area contributed by atoms with Gasteiger partial charge in [0.25, 0.3) is 0 Å². The molecule has 0 aromatic heterocycles. The zero-order chi connectivity index (χ0) is 12.7. The zero-order valence-corrected chi connectivity index (χ0v) is 10.1. The van der Waals surface area contributed by atoms with E-state index in [-0.39, 0.29) is 18.5 Å². The van der Waals surface area contributed by atoms with Gasteiger partial charge in [-0.3, -0.25) is 9.59 Å². The van der Waals surface area contributed by atoms with E-state index < -0.39 is 0 Å². The van der Waals surface area contributed by atoms with E-state index in [1.165, 1.54) is 0 Å². The predicted molar refractivity (Wildman–Crippen MR) is 65.4 cm³/mol. The molecule has 1 unspecified atom stereocenters. The van der Waals surface area contributed by atoms with Crippen LogP contribution in [0, 0.1) is 5.92 Å². The maximum atomic E-state index is 11.4. The van der Waals surface area contributed by atoms with Crippen molar-refractivity contribution >= 4 is 18.1 Å². The summed E-state index contributed by atoms with van der Waals surface area (Å²) in [5.74, 6) is -0.242. The Morgan fingerprint density at radius 1 is 1.41 bits per heavy atom. The highest BCUT2D eigenvalue weighted by Gasteiger charge is 2.11. The molecule has 0 spiro atoms. The number of carbonyl (C=O) groups is 2. The lowest BCUT2D eigenvalue weighted by molar-refractivity contribution is -0.149. The molecule has 4 heteroatoms. The van der Waals surface area contributed by atoms with Gasteiger partial charge in [0.15, 0.2) is 0 Å². The fourth-order valence-electron chi connectivity index (χ4n) is 1.23. The van der Waals surface area contributed by atoms with Crippen LogP contribution in [0.1, 0.15) is 25.8 Å². The van der Waals surface area contributed by atoms with Crippen molar-refractivity contribution in [3.8, 4) is 0 Å². The highest BCUT2D eigenvalue weighted by atomic mass is 16.5. The largest absolute Gasteiger partial charge is 0.461 e. The molecule has 0 saturated heterocycles. The van der Waals surface area contributed by atoms with Crippen LogP contribution >= 0.6 is 0 Å². The Labute approximate surface area is 101 Å². The summed E-state index contributed by atoms with van der Waals surface area (Å²) in [4.78, 5) is 21.6. The number of anilines is 1. The monoisotopic (exact) mass is 235 g/mol. The van der Waals surface area contributed by atoms with Crippen LogP contribution in [0.15, 0.2) is 24.3 Å². The van der Waals surface area contributed by atoms with Crippen LogP contribution < -0.4 is 5.32 Å². The van der Waals surface area contributed by atoms with Gasteiger partial charge in [-0.15, -0.1) is 0 Å². The minimum absolute atomic E-state index is 0.0639. The van der Waals surface area contributed by atoms with Crippen LogP contribution in [0.2, 0.25) is 0 Å². The third kappa shape index (κ3) is 4.26. The van der Waals surface area contributed by atoms with Gasteiger partial charge in [0.05, 0.1) is 5.92 Å². The third-order valence-electron chi connectivity index (χ3n) is 2.58. The predicted octanol–water partition coefficient (Wildman–Crippen LogP) is 2.34. The first kappa shape index (κ1) is 13.2. The molecule has 1 aromatic carbocycles. The maximum absolute atomic E-state index is 11.4. The minimum atomic E-state index is -0.178. The molecule has 4 nitrogen and oxygen atoms in total. The Balaban J connectivity index is 2.47. The van der Waals surface area contributed by atoms with Gasteiger partial charge in [0, 0.05) is 5.69 Å². The Kier molecular flexibility index (Phi) is 5.20. The van der Waals surface area contributed by atoms with Crippen LogP contribution in [-0.4, -0.2) is 12.4 Å². The number of nitrogens with one attached hydrogen (secondary N) is 1. The van der Waals surface area contributed by atoms with Crippen molar-refractivity contribution in [1.29, 1.82) is 0 Å². The number of rotatable bonds is 6. The molecule has 1 N–H and O–H groups in total. The van der Waals surface area contributed by atoms with Gasteiger partial charge in [-0.1, -0.05) is 26.0 Å². The standard InChI is InChI=1S/C13H17NO3/c1-3-10(2)13(16)17-8-11-4-6-12(7-5-11)14-9-15/h4-7,9-10H,3,8H2,1-2H3,(H,14,15). The summed E-state index contributed by atoms with van der Waals surface area (Å²) in [5, 5.41) is 2.54. The zero-order valence-electron chi connectivity index (χ0n) is 10.1. The molecule has 0 bridgehead atoms. The number of hydrogen-bond donors (Lipinski definition) is 1. The molecule has 0 aliphatic heterocycles. The molecule has 0 fully saturated rings. The van der Waals surface area contributed by atoms with E-state index in [9.17, 15) is 9.59 Å². The first-order valence-corrected chi connectivity index (χ1v) is 5.63. The number of carbonyl (C=O) groups excluding carboxylic acids is 2. The molecule has 0 aliphatic rings. The number of benzene rings is 1. The highest BCUT2D eigenvalue weighted by molar-refractivity contribution is 5.72. The summed E-state index contributed by atoms with van der Waals surface area (Å²) < 4.78 is 5.15. The lowest BCUT2D eigenvalue weighted by Crippen LogP contribution is -2.13. The van der Waals surface area contributed by atoms with Crippen LogP contribution in [0.4, 0.5) is 5.69 Å². The van der Waals surface area contributed by atoms with Gasteiger partial charge in [-0.05, 0) is 24.1 Å². The van der Waals surface area contributed by atoms with Crippen molar-refractivity contribution in [1.82, 2.24) is 0 Å². The van der Waals surface area contributed by atoms with Crippen molar-refractivity contribution in [3.05, 3.63) is 29.8 Å². The fraction of sp³-hybridized carbons (Fsp3) is 0.385. The van der Waals surface area contributed by atoms with E-state index in [0.29, 0.717) is 6.41 Å². The topological polar surface area (TPSA) is 55.4 Å². The van der Waals surface area contributed by atoms with Crippen molar-refractivity contribution < 1.29 is 14.3 Å². The number of amides is 1. The van der Waals surface area contributed by atoms with E-state index in [2.05, 4.69) is 5.32 Å². The van der Waals surface area contributed by atoms with Gasteiger partial charge in [0.2, 0.25) is 6.41 Å². The molecular formula is C13H17NO3. The molecule has 92 valence electrons. The second-order valence-electron chi connectivity index (χ2n) is 3.88. The third-order valence-corrected chi connectivity index (χ3v) is 2.58. The molecule has 1 amide bonds. The van der Waals surface area contributed by atoms with Crippen molar-refractivity contribution in [2.45, 2.75) is 26.9 Å². The van der Waals surface area contributed by atoms with Crippen LogP contribution in [0.3, 0.4) is 0 Å². The molecule has 1 rings (SSSR count). The second-order valence-corrected chi connectivity index (χ2v) is 3.88. The Hall–Kier alpha value is -1.84. The second kappa shape index (κ2) is 6.68. The average Bonchev–Trinajstić information content (AvgIpc) is 2.37. The number of esters is 1. The lowest BCUT2D eigenvalue weighted by Gasteiger charge is -2.09. The lowest BCUT2D eigenvalue weighted by atomic mass is 10.1. The van der Waals surface area contributed by atoms with Gasteiger partial charge < -0.3 is 10.1 Å².